The van der Waals surface area contributed by atoms with E-state index in [1.807, 2.05) is 42.2 Å². The van der Waals surface area contributed by atoms with Crippen LogP contribution in [0.4, 0.5) is 0 Å². The van der Waals surface area contributed by atoms with Crippen LogP contribution in [0, 0.1) is 13.8 Å². The van der Waals surface area contributed by atoms with Crippen LogP contribution in [0.15, 0.2) is 48.5 Å². The minimum atomic E-state index is 0. The Morgan fingerprint density at radius 2 is 1.78 bits per heavy atom. The Balaban J connectivity index is 0.00000264. The molecule has 0 aliphatic rings. The van der Waals surface area contributed by atoms with Gasteiger partial charge in [-0.2, -0.15) is 0 Å². The molecule has 2 N–H and O–H groups in total. The molecule has 124 valence electrons. The maximum atomic E-state index is 12.6. The first-order valence-corrected chi connectivity index (χ1v) is 7.68. The van der Waals surface area contributed by atoms with Crippen LogP contribution in [0.5, 0.6) is 0 Å². The predicted octanol–water partition coefficient (Wildman–Crippen LogP) is 3.26. The summed E-state index contributed by atoms with van der Waals surface area (Å²) in [4.78, 5) is 14.5. The fourth-order valence-electron chi connectivity index (χ4n) is 2.52. The molecule has 0 fully saturated rings. The van der Waals surface area contributed by atoms with E-state index in [0.29, 0.717) is 26.1 Å². The number of hydrogen-bond acceptors (Lipinski definition) is 2. The summed E-state index contributed by atoms with van der Waals surface area (Å²) in [6.45, 7) is 5.77. The summed E-state index contributed by atoms with van der Waals surface area (Å²) < 4.78 is 0. The zero-order chi connectivity index (χ0) is 15.9. The third-order valence-electron chi connectivity index (χ3n) is 3.81. The van der Waals surface area contributed by atoms with E-state index >= 15 is 0 Å². The second-order valence-corrected chi connectivity index (χ2v) is 5.70. The third kappa shape index (κ3) is 5.70. The number of carbonyl (C=O) groups excluding carboxylic acids is 1. The minimum absolute atomic E-state index is 0. The minimum Gasteiger partial charge on any atom is -0.337 e. The van der Waals surface area contributed by atoms with Crippen molar-refractivity contribution in [1.82, 2.24) is 4.90 Å². The van der Waals surface area contributed by atoms with Crippen molar-refractivity contribution in [3.05, 3.63) is 70.8 Å². The molecular weight excluding hydrogens is 308 g/mol. The highest BCUT2D eigenvalue weighted by Gasteiger charge is 2.15. The van der Waals surface area contributed by atoms with Gasteiger partial charge in [0.25, 0.3) is 0 Å². The standard InChI is InChI=1S/C19H24N2O.ClH/c1-15-8-9-16(2)18(12-15)13-19(22)21(11-10-20)14-17-6-4-3-5-7-17;/h3-9,12H,10-11,13-14,20H2,1-2H3;1H. The van der Waals surface area contributed by atoms with Crippen LogP contribution in [0.1, 0.15) is 22.3 Å². The zero-order valence-electron chi connectivity index (χ0n) is 13.8. The molecule has 0 aromatic heterocycles. The highest BCUT2D eigenvalue weighted by atomic mass is 35.5. The average Bonchev–Trinajstić information content (AvgIpc) is 2.51. The Morgan fingerprint density at radius 1 is 1.09 bits per heavy atom. The van der Waals surface area contributed by atoms with E-state index in [1.165, 1.54) is 5.56 Å². The van der Waals surface area contributed by atoms with Gasteiger partial charge >= 0.3 is 0 Å². The maximum Gasteiger partial charge on any atom is 0.227 e. The van der Waals surface area contributed by atoms with Crippen molar-refractivity contribution in [1.29, 1.82) is 0 Å². The van der Waals surface area contributed by atoms with Crippen molar-refractivity contribution in [2.75, 3.05) is 13.1 Å². The summed E-state index contributed by atoms with van der Waals surface area (Å²) in [5, 5.41) is 0. The van der Waals surface area contributed by atoms with E-state index < -0.39 is 0 Å². The summed E-state index contributed by atoms with van der Waals surface area (Å²) >= 11 is 0. The Kier molecular flexibility index (Phi) is 7.79. The first kappa shape index (κ1) is 19.2. The van der Waals surface area contributed by atoms with Crippen molar-refractivity contribution in [2.45, 2.75) is 26.8 Å². The summed E-state index contributed by atoms with van der Waals surface area (Å²) in [5.74, 6) is 0.128. The Hall–Kier alpha value is -1.84. The topological polar surface area (TPSA) is 46.3 Å². The summed E-state index contributed by atoms with van der Waals surface area (Å²) in [6.07, 6.45) is 0.431. The van der Waals surface area contributed by atoms with Crippen molar-refractivity contribution in [3.8, 4) is 0 Å². The lowest BCUT2D eigenvalue weighted by atomic mass is 10.0. The summed E-state index contributed by atoms with van der Waals surface area (Å²) in [5.41, 5.74) is 10.2. The van der Waals surface area contributed by atoms with Crippen LogP contribution in [0.3, 0.4) is 0 Å². The SMILES string of the molecule is Cc1ccc(C)c(CC(=O)N(CCN)Cc2ccccc2)c1.Cl. The molecule has 2 rings (SSSR count). The second-order valence-electron chi connectivity index (χ2n) is 5.70. The average molecular weight is 333 g/mol. The van der Waals surface area contributed by atoms with Gasteiger partial charge in [0.15, 0.2) is 0 Å². The van der Waals surface area contributed by atoms with Crippen LogP contribution in [-0.4, -0.2) is 23.9 Å². The number of nitrogens with zero attached hydrogens (tertiary/aromatic N) is 1. The van der Waals surface area contributed by atoms with Gasteiger partial charge in [0.1, 0.15) is 0 Å². The summed E-state index contributed by atoms with van der Waals surface area (Å²) in [7, 11) is 0. The number of amides is 1. The lowest BCUT2D eigenvalue weighted by Gasteiger charge is -2.23. The number of halogens is 1. The van der Waals surface area contributed by atoms with Gasteiger partial charge in [0, 0.05) is 19.6 Å². The molecule has 0 aliphatic heterocycles. The van der Waals surface area contributed by atoms with E-state index in [2.05, 4.69) is 25.1 Å². The van der Waals surface area contributed by atoms with Gasteiger partial charge < -0.3 is 10.6 Å². The number of carbonyl (C=O) groups is 1. The van der Waals surface area contributed by atoms with Gasteiger partial charge in [-0.1, -0.05) is 54.1 Å². The Morgan fingerprint density at radius 3 is 2.43 bits per heavy atom. The highest BCUT2D eigenvalue weighted by Crippen LogP contribution is 2.13. The molecular formula is C19H25ClN2O. The second kappa shape index (κ2) is 9.33. The monoisotopic (exact) mass is 332 g/mol. The zero-order valence-corrected chi connectivity index (χ0v) is 14.6. The Bertz CT molecular complexity index is 629. The van der Waals surface area contributed by atoms with E-state index in [9.17, 15) is 4.79 Å². The molecule has 0 saturated carbocycles. The van der Waals surface area contributed by atoms with Crippen molar-refractivity contribution in [2.24, 2.45) is 5.73 Å². The van der Waals surface area contributed by atoms with Crippen LogP contribution in [-0.2, 0) is 17.8 Å². The number of hydrogen-bond donors (Lipinski definition) is 1. The quantitative estimate of drug-likeness (QED) is 0.882. The van der Waals surface area contributed by atoms with Crippen molar-refractivity contribution < 1.29 is 4.79 Å². The molecule has 0 radical (unpaired) electrons. The normalized spacial score (nSPS) is 10.0. The number of benzene rings is 2. The molecule has 3 nitrogen and oxygen atoms in total. The first-order valence-electron chi connectivity index (χ1n) is 7.68. The fraction of sp³-hybridized carbons (Fsp3) is 0.316. The molecule has 0 atom stereocenters. The molecule has 2 aromatic carbocycles. The van der Waals surface area contributed by atoms with Gasteiger partial charge in [-0.25, -0.2) is 0 Å². The lowest BCUT2D eigenvalue weighted by molar-refractivity contribution is -0.131. The largest absolute Gasteiger partial charge is 0.337 e. The van der Waals surface area contributed by atoms with Crippen LogP contribution >= 0.6 is 12.4 Å². The smallest absolute Gasteiger partial charge is 0.227 e. The molecule has 0 bridgehead atoms. The molecule has 4 heteroatoms. The van der Waals surface area contributed by atoms with E-state index in [4.69, 9.17) is 5.73 Å². The van der Waals surface area contributed by atoms with Crippen LogP contribution in [0.25, 0.3) is 0 Å². The number of aryl methyl sites for hydroxylation is 2. The van der Waals surface area contributed by atoms with Gasteiger partial charge in [0.2, 0.25) is 5.91 Å². The van der Waals surface area contributed by atoms with Gasteiger partial charge in [-0.3, -0.25) is 4.79 Å². The fourth-order valence-corrected chi connectivity index (χ4v) is 2.52. The maximum absolute atomic E-state index is 12.6. The number of nitrogens with two attached hydrogens (primary N) is 1. The molecule has 2 aromatic rings. The van der Waals surface area contributed by atoms with Crippen molar-refractivity contribution in [3.63, 3.8) is 0 Å². The molecule has 0 aliphatic carbocycles. The molecule has 0 spiro atoms. The summed E-state index contributed by atoms with van der Waals surface area (Å²) in [6, 6.07) is 16.3. The van der Waals surface area contributed by atoms with Crippen LogP contribution < -0.4 is 5.73 Å². The predicted molar refractivity (Wildman–Crippen MR) is 97.8 cm³/mol. The number of rotatable bonds is 6. The van der Waals surface area contributed by atoms with Gasteiger partial charge in [-0.15, -0.1) is 12.4 Å². The van der Waals surface area contributed by atoms with Crippen LogP contribution in [0.2, 0.25) is 0 Å². The highest BCUT2D eigenvalue weighted by molar-refractivity contribution is 5.85. The molecule has 0 unspecified atom stereocenters. The van der Waals surface area contributed by atoms with E-state index in [-0.39, 0.29) is 18.3 Å². The molecule has 0 heterocycles. The lowest BCUT2D eigenvalue weighted by Crippen LogP contribution is -2.36. The van der Waals surface area contributed by atoms with Crippen molar-refractivity contribution >= 4 is 18.3 Å². The first-order chi connectivity index (χ1) is 10.6. The molecule has 23 heavy (non-hydrogen) atoms. The molecule has 0 saturated heterocycles. The van der Waals surface area contributed by atoms with Gasteiger partial charge in [0.05, 0.1) is 6.42 Å². The molecule has 1 amide bonds. The van der Waals surface area contributed by atoms with E-state index in [0.717, 1.165) is 16.7 Å². The third-order valence-corrected chi connectivity index (χ3v) is 3.81. The van der Waals surface area contributed by atoms with Gasteiger partial charge in [-0.05, 0) is 30.5 Å². The Labute approximate surface area is 144 Å². The van der Waals surface area contributed by atoms with E-state index in [1.54, 1.807) is 0 Å².